The van der Waals surface area contributed by atoms with E-state index in [1.165, 1.54) is 37.1 Å². The maximum Gasteiger partial charge on any atom is 0.0669 e. The molecule has 4 heteroatoms. The van der Waals surface area contributed by atoms with E-state index in [0.717, 1.165) is 13.0 Å². The summed E-state index contributed by atoms with van der Waals surface area (Å²) in [6, 6.07) is 1.06. The molecule has 2 rings (SSSR count). The number of nitrogens with one attached hydrogen (secondary N) is 1. The van der Waals surface area contributed by atoms with Gasteiger partial charge in [-0.2, -0.15) is 5.10 Å². The first-order chi connectivity index (χ1) is 10.0. The van der Waals surface area contributed by atoms with Crippen LogP contribution in [0, 0.1) is 5.92 Å². The zero-order chi connectivity index (χ0) is 15.4. The zero-order valence-corrected chi connectivity index (χ0v) is 14.4. The molecule has 0 radical (unpaired) electrons. The minimum absolute atomic E-state index is 0.502. The minimum Gasteiger partial charge on any atom is -0.314 e. The van der Waals surface area contributed by atoms with Crippen LogP contribution in [0.25, 0.3) is 0 Å². The molecular weight excluding hydrogens is 260 g/mol. The van der Waals surface area contributed by atoms with Crippen LogP contribution < -0.4 is 5.32 Å². The Morgan fingerprint density at radius 3 is 2.76 bits per heavy atom. The van der Waals surface area contributed by atoms with Crippen molar-refractivity contribution < 1.29 is 0 Å². The molecule has 1 aliphatic heterocycles. The van der Waals surface area contributed by atoms with Gasteiger partial charge in [0.25, 0.3) is 0 Å². The molecule has 1 aromatic rings. The highest BCUT2D eigenvalue weighted by Crippen LogP contribution is 2.35. The molecule has 0 aromatic carbocycles. The topological polar surface area (TPSA) is 33.1 Å². The first-order valence-electron chi connectivity index (χ1n) is 8.49. The molecule has 0 aliphatic carbocycles. The van der Waals surface area contributed by atoms with Gasteiger partial charge in [0.15, 0.2) is 0 Å². The van der Waals surface area contributed by atoms with E-state index in [-0.39, 0.29) is 0 Å². The molecule has 0 amide bonds. The van der Waals surface area contributed by atoms with Crippen LogP contribution in [0.5, 0.6) is 0 Å². The van der Waals surface area contributed by atoms with E-state index in [1.807, 2.05) is 11.7 Å². The number of aryl methyl sites for hydroxylation is 2. The van der Waals surface area contributed by atoms with Crippen molar-refractivity contribution >= 4 is 0 Å². The fourth-order valence-electron chi connectivity index (χ4n) is 3.59. The van der Waals surface area contributed by atoms with E-state index >= 15 is 0 Å². The lowest BCUT2D eigenvalue weighted by molar-refractivity contribution is 0.186. The van der Waals surface area contributed by atoms with Crippen LogP contribution >= 0.6 is 0 Å². The van der Waals surface area contributed by atoms with Crippen LogP contribution in [0.1, 0.15) is 57.3 Å². The molecule has 120 valence electrons. The SMILES string of the molecule is CCc1nn(C)cc1C1C(CNC(C)C)CCCCN1C. The van der Waals surface area contributed by atoms with Crippen molar-refractivity contribution in [2.45, 2.75) is 58.5 Å². The van der Waals surface area contributed by atoms with E-state index in [1.54, 1.807) is 0 Å². The smallest absolute Gasteiger partial charge is 0.0669 e. The Labute approximate surface area is 129 Å². The summed E-state index contributed by atoms with van der Waals surface area (Å²) in [7, 11) is 4.32. The Balaban J connectivity index is 2.27. The molecule has 1 aromatic heterocycles. The Hall–Kier alpha value is -0.870. The number of hydrogen-bond donors (Lipinski definition) is 1. The molecule has 1 saturated heterocycles. The molecule has 0 saturated carbocycles. The minimum atomic E-state index is 0.502. The van der Waals surface area contributed by atoms with Gasteiger partial charge in [-0.05, 0) is 38.8 Å². The molecule has 2 unspecified atom stereocenters. The largest absolute Gasteiger partial charge is 0.314 e. The number of nitrogens with zero attached hydrogens (tertiary/aromatic N) is 3. The summed E-state index contributed by atoms with van der Waals surface area (Å²) in [4.78, 5) is 2.55. The molecule has 1 aliphatic rings. The van der Waals surface area contributed by atoms with Crippen molar-refractivity contribution in [1.82, 2.24) is 20.0 Å². The second-order valence-corrected chi connectivity index (χ2v) is 6.80. The lowest BCUT2D eigenvalue weighted by atomic mass is 9.89. The molecular formula is C17H32N4. The number of hydrogen-bond acceptors (Lipinski definition) is 3. The van der Waals surface area contributed by atoms with Crippen LogP contribution in [-0.2, 0) is 13.5 Å². The summed E-state index contributed by atoms with van der Waals surface area (Å²) in [6.07, 6.45) is 7.23. The molecule has 4 nitrogen and oxygen atoms in total. The van der Waals surface area contributed by atoms with Gasteiger partial charge in [-0.15, -0.1) is 0 Å². The van der Waals surface area contributed by atoms with Gasteiger partial charge in [0.1, 0.15) is 0 Å². The highest BCUT2D eigenvalue weighted by molar-refractivity contribution is 5.23. The Kier molecular flexibility index (Phi) is 5.82. The van der Waals surface area contributed by atoms with Gasteiger partial charge in [-0.1, -0.05) is 27.2 Å². The van der Waals surface area contributed by atoms with Gasteiger partial charge in [0, 0.05) is 37.4 Å². The van der Waals surface area contributed by atoms with E-state index in [0.29, 0.717) is 18.0 Å². The maximum absolute atomic E-state index is 4.67. The van der Waals surface area contributed by atoms with E-state index < -0.39 is 0 Å². The molecule has 21 heavy (non-hydrogen) atoms. The Morgan fingerprint density at radius 1 is 1.33 bits per heavy atom. The highest BCUT2D eigenvalue weighted by atomic mass is 15.3. The number of aromatic nitrogens is 2. The first kappa shape index (κ1) is 16.5. The predicted molar refractivity (Wildman–Crippen MR) is 88.4 cm³/mol. The van der Waals surface area contributed by atoms with Gasteiger partial charge in [0.2, 0.25) is 0 Å². The number of rotatable bonds is 5. The van der Waals surface area contributed by atoms with Crippen LogP contribution in [0.15, 0.2) is 6.20 Å². The van der Waals surface area contributed by atoms with Crippen molar-refractivity contribution in [3.05, 3.63) is 17.5 Å². The average molecular weight is 292 g/mol. The van der Waals surface area contributed by atoms with Crippen molar-refractivity contribution in [2.75, 3.05) is 20.1 Å². The quantitative estimate of drug-likeness (QED) is 0.906. The van der Waals surface area contributed by atoms with Crippen molar-refractivity contribution in [2.24, 2.45) is 13.0 Å². The van der Waals surface area contributed by atoms with Crippen molar-refractivity contribution in [3.63, 3.8) is 0 Å². The summed E-state index contributed by atoms with van der Waals surface area (Å²) in [5.41, 5.74) is 2.71. The summed E-state index contributed by atoms with van der Waals surface area (Å²) in [5.74, 6) is 0.675. The third-order valence-electron chi connectivity index (χ3n) is 4.64. The average Bonchev–Trinajstić information content (AvgIpc) is 2.70. The summed E-state index contributed by atoms with van der Waals surface area (Å²) in [5, 5.41) is 8.32. The third-order valence-corrected chi connectivity index (χ3v) is 4.64. The predicted octanol–water partition coefficient (Wildman–Crippen LogP) is 2.75. The van der Waals surface area contributed by atoms with Crippen LogP contribution in [0.3, 0.4) is 0 Å². The van der Waals surface area contributed by atoms with E-state index in [9.17, 15) is 0 Å². The van der Waals surface area contributed by atoms with Gasteiger partial charge >= 0.3 is 0 Å². The number of likely N-dealkylation sites (tertiary alicyclic amines) is 1. The molecule has 2 atom stereocenters. The normalized spacial score (nSPS) is 24.5. The van der Waals surface area contributed by atoms with E-state index in [2.05, 4.69) is 49.3 Å². The monoisotopic (exact) mass is 292 g/mol. The third kappa shape index (κ3) is 4.07. The summed E-state index contributed by atoms with van der Waals surface area (Å²) < 4.78 is 1.99. The van der Waals surface area contributed by atoms with E-state index in [4.69, 9.17) is 0 Å². The van der Waals surface area contributed by atoms with Crippen molar-refractivity contribution in [3.8, 4) is 0 Å². The summed E-state index contributed by atoms with van der Waals surface area (Å²) >= 11 is 0. The second-order valence-electron chi connectivity index (χ2n) is 6.80. The standard InChI is InChI=1S/C17H32N4/c1-6-16-15(12-21(5)19-16)17-14(11-18-13(2)3)9-7-8-10-20(17)4/h12-14,17-18H,6-11H2,1-5H3. The maximum atomic E-state index is 4.67. The van der Waals surface area contributed by atoms with Crippen molar-refractivity contribution in [1.29, 1.82) is 0 Å². The fourth-order valence-corrected chi connectivity index (χ4v) is 3.59. The molecule has 0 bridgehead atoms. The van der Waals surface area contributed by atoms with Crippen LogP contribution in [0.4, 0.5) is 0 Å². The lowest BCUT2D eigenvalue weighted by Gasteiger charge is -2.33. The van der Waals surface area contributed by atoms with Crippen LogP contribution in [-0.4, -0.2) is 40.9 Å². The first-order valence-corrected chi connectivity index (χ1v) is 8.49. The second kappa shape index (κ2) is 7.41. The van der Waals surface area contributed by atoms with Crippen LogP contribution in [0.2, 0.25) is 0 Å². The molecule has 1 fully saturated rings. The molecule has 2 heterocycles. The zero-order valence-electron chi connectivity index (χ0n) is 14.4. The lowest BCUT2D eigenvalue weighted by Crippen LogP contribution is -2.37. The molecule has 0 spiro atoms. The van der Waals surface area contributed by atoms with Gasteiger partial charge in [-0.25, -0.2) is 0 Å². The molecule has 1 N–H and O–H groups in total. The highest BCUT2D eigenvalue weighted by Gasteiger charge is 2.31. The summed E-state index contributed by atoms with van der Waals surface area (Å²) in [6.45, 7) is 8.98. The Morgan fingerprint density at radius 2 is 2.10 bits per heavy atom. The van der Waals surface area contributed by atoms with Gasteiger partial charge in [0.05, 0.1) is 5.69 Å². The van der Waals surface area contributed by atoms with Gasteiger partial charge in [-0.3, -0.25) is 9.58 Å². The fraction of sp³-hybridized carbons (Fsp3) is 0.824. The Bertz CT molecular complexity index is 438. The van der Waals surface area contributed by atoms with Gasteiger partial charge < -0.3 is 5.32 Å².